The summed E-state index contributed by atoms with van der Waals surface area (Å²) in [5, 5.41) is 8.23. The Morgan fingerprint density at radius 3 is 1.79 bits per heavy atom. The molecule has 39 heavy (non-hydrogen) atoms. The predicted molar refractivity (Wildman–Crippen MR) is 155 cm³/mol. The average Bonchev–Trinajstić information content (AvgIpc) is 2.93. The number of hydrogen-bond acceptors (Lipinski definition) is 10. The van der Waals surface area contributed by atoms with E-state index in [0.717, 1.165) is 19.3 Å². The van der Waals surface area contributed by atoms with E-state index in [1.165, 1.54) is 6.42 Å². The van der Waals surface area contributed by atoms with Gasteiger partial charge in [0.1, 0.15) is 6.29 Å². The molecule has 226 valence electrons. The van der Waals surface area contributed by atoms with Crippen LogP contribution in [0.5, 0.6) is 0 Å². The second-order valence-corrected chi connectivity index (χ2v) is 8.14. The second kappa shape index (κ2) is 29.8. The van der Waals surface area contributed by atoms with Crippen LogP contribution in [0.4, 0.5) is 11.4 Å². The van der Waals surface area contributed by atoms with Crippen molar-refractivity contribution < 1.29 is 33.3 Å². The molecule has 1 aromatic rings. The van der Waals surface area contributed by atoms with E-state index >= 15 is 0 Å². The first kappa shape index (κ1) is 38.4. The van der Waals surface area contributed by atoms with Gasteiger partial charge in [0.15, 0.2) is 0 Å². The van der Waals surface area contributed by atoms with E-state index in [0.29, 0.717) is 76.3 Å². The van der Waals surface area contributed by atoms with Gasteiger partial charge in [-0.2, -0.15) is 0 Å². The van der Waals surface area contributed by atoms with Gasteiger partial charge < -0.3 is 46.4 Å². The van der Waals surface area contributed by atoms with Crippen LogP contribution in [0.1, 0.15) is 50.4 Å². The fraction of sp³-hybridized carbons (Fsp3) is 0.667. The van der Waals surface area contributed by atoms with Crippen molar-refractivity contribution in [2.75, 3.05) is 91.0 Å². The summed E-state index contributed by atoms with van der Waals surface area (Å²) < 4.78 is 21.3. The van der Waals surface area contributed by atoms with E-state index < -0.39 is 0 Å². The Bertz CT molecular complexity index is 738. The maximum absolute atomic E-state index is 11.5. The number of nitrogen functional groups attached to an aromatic ring is 2. The first-order chi connectivity index (χ1) is 18.9. The predicted octanol–water partition coefficient (Wildman–Crippen LogP) is 1.38. The molecule has 0 radical (unpaired) electrons. The highest BCUT2D eigenvalue weighted by Gasteiger charge is 2.04. The average molecular weight is 558 g/mol. The Morgan fingerprint density at radius 2 is 1.31 bits per heavy atom. The van der Waals surface area contributed by atoms with Crippen molar-refractivity contribution in [2.24, 2.45) is 0 Å². The third kappa shape index (κ3) is 28.1. The third-order valence-corrected chi connectivity index (χ3v) is 4.35. The summed E-state index contributed by atoms with van der Waals surface area (Å²) in [4.78, 5) is 33.0. The summed E-state index contributed by atoms with van der Waals surface area (Å²) in [6.45, 7) is 11.6. The third-order valence-electron chi connectivity index (χ3n) is 4.35. The molecule has 12 nitrogen and oxygen atoms in total. The lowest BCUT2D eigenvalue weighted by atomic mass is 10.2. The smallest absolute Gasteiger partial charge is 0.239 e. The summed E-state index contributed by atoms with van der Waals surface area (Å²) in [6.07, 6.45) is 3.07. The molecule has 0 aliphatic rings. The SMILES string of the molecule is CCC.CCCNC(=O)CNC(=O)CCOCCOCCOCCOCCNC.Nc1ccc(C=O)cc1N. The van der Waals surface area contributed by atoms with Crippen LogP contribution in [-0.2, 0) is 28.5 Å². The van der Waals surface area contributed by atoms with Crippen LogP contribution in [0, 0.1) is 0 Å². The van der Waals surface area contributed by atoms with E-state index in [-0.39, 0.29) is 24.8 Å². The van der Waals surface area contributed by atoms with Crippen molar-refractivity contribution in [3.8, 4) is 0 Å². The Hall–Kier alpha value is -2.77. The van der Waals surface area contributed by atoms with Crippen LogP contribution < -0.4 is 27.4 Å². The maximum Gasteiger partial charge on any atom is 0.239 e. The van der Waals surface area contributed by atoms with Gasteiger partial charge in [-0.3, -0.25) is 14.4 Å². The number of ether oxygens (including phenoxy) is 4. The molecule has 0 bridgehead atoms. The fourth-order valence-corrected chi connectivity index (χ4v) is 2.36. The van der Waals surface area contributed by atoms with Gasteiger partial charge in [-0.25, -0.2) is 0 Å². The van der Waals surface area contributed by atoms with Gasteiger partial charge in [-0.1, -0.05) is 27.2 Å². The van der Waals surface area contributed by atoms with Gasteiger partial charge in [-0.05, 0) is 31.7 Å². The number of carbonyl (C=O) groups is 3. The van der Waals surface area contributed by atoms with Crippen molar-refractivity contribution in [3.05, 3.63) is 23.8 Å². The molecule has 1 rings (SSSR count). The topological polar surface area (TPSA) is 176 Å². The summed E-state index contributed by atoms with van der Waals surface area (Å²) >= 11 is 0. The number of benzene rings is 1. The number of carbonyl (C=O) groups excluding carboxylic acids is 3. The molecule has 12 heteroatoms. The standard InChI is InChI=1S/C17H35N3O6.C7H8N2O.C3H8/c1-3-5-19-17(22)15-20-16(21)4-7-23-9-11-25-13-14-26-12-10-24-8-6-18-2;8-6-2-1-5(4-10)3-7(6)9;1-3-2/h18H,3-15H2,1-2H3,(H,19,22)(H,20,21);1-4H,8-9H2;3H2,1-2H3. The number of likely N-dealkylation sites (N-methyl/N-ethyl adjacent to an activating group) is 1. The number of aldehydes is 1. The van der Waals surface area contributed by atoms with Crippen LogP contribution in [0.25, 0.3) is 0 Å². The van der Waals surface area contributed by atoms with Crippen LogP contribution in [-0.4, -0.2) is 97.6 Å². The molecule has 1 aromatic carbocycles. The molecule has 0 saturated heterocycles. The van der Waals surface area contributed by atoms with Crippen LogP contribution in [0.3, 0.4) is 0 Å². The van der Waals surface area contributed by atoms with Gasteiger partial charge in [-0.15, -0.1) is 0 Å². The minimum Gasteiger partial charge on any atom is -0.397 e. The molecule has 0 spiro atoms. The Kier molecular flexibility index (Phi) is 29.3. The normalized spacial score (nSPS) is 9.95. The molecular formula is C27H51N5O7. The fourth-order valence-electron chi connectivity index (χ4n) is 2.36. The highest BCUT2D eigenvalue weighted by molar-refractivity contribution is 5.84. The van der Waals surface area contributed by atoms with Gasteiger partial charge >= 0.3 is 0 Å². The van der Waals surface area contributed by atoms with E-state index in [4.69, 9.17) is 30.4 Å². The van der Waals surface area contributed by atoms with Crippen LogP contribution in [0.15, 0.2) is 18.2 Å². The Labute approximate surface area is 233 Å². The monoisotopic (exact) mass is 557 g/mol. The molecule has 0 saturated carbocycles. The van der Waals surface area contributed by atoms with Gasteiger partial charge in [0.25, 0.3) is 0 Å². The summed E-state index contributed by atoms with van der Waals surface area (Å²) in [6, 6.07) is 4.78. The molecule has 0 heterocycles. The number of hydrogen-bond donors (Lipinski definition) is 5. The van der Waals surface area contributed by atoms with E-state index in [9.17, 15) is 14.4 Å². The Morgan fingerprint density at radius 1 is 0.769 bits per heavy atom. The van der Waals surface area contributed by atoms with Crippen LogP contribution in [0.2, 0.25) is 0 Å². The van der Waals surface area contributed by atoms with Crippen molar-refractivity contribution in [3.63, 3.8) is 0 Å². The largest absolute Gasteiger partial charge is 0.397 e. The zero-order valence-electron chi connectivity index (χ0n) is 24.2. The van der Waals surface area contributed by atoms with Crippen molar-refractivity contribution in [1.29, 1.82) is 0 Å². The molecular weight excluding hydrogens is 506 g/mol. The van der Waals surface area contributed by atoms with E-state index in [1.54, 1.807) is 18.2 Å². The quantitative estimate of drug-likeness (QED) is 0.0894. The molecule has 0 aromatic heterocycles. The molecule has 7 N–H and O–H groups in total. The first-order valence-corrected chi connectivity index (χ1v) is 13.4. The zero-order chi connectivity index (χ0) is 29.6. The number of nitrogens with two attached hydrogens (primary N) is 2. The van der Waals surface area contributed by atoms with Gasteiger partial charge in [0, 0.05) is 25.1 Å². The van der Waals surface area contributed by atoms with Gasteiger partial charge in [0.05, 0.1) is 70.8 Å². The van der Waals surface area contributed by atoms with Crippen molar-refractivity contribution in [1.82, 2.24) is 16.0 Å². The van der Waals surface area contributed by atoms with E-state index in [2.05, 4.69) is 29.8 Å². The lowest BCUT2D eigenvalue weighted by molar-refractivity contribution is -0.126. The number of amides is 2. The number of anilines is 2. The highest BCUT2D eigenvalue weighted by atomic mass is 16.6. The molecule has 0 unspecified atom stereocenters. The highest BCUT2D eigenvalue weighted by Crippen LogP contribution is 2.14. The minimum atomic E-state index is -0.206. The lowest BCUT2D eigenvalue weighted by Crippen LogP contribution is -2.37. The molecule has 0 aliphatic carbocycles. The summed E-state index contributed by atoms with van der Waals surface area (Å²) in [7, 11) is 1.88. The van der Waals surface area contributed by atoms with E-state index in [1.807, 2.05) is 14.0 Å². The summed E-state index contributed by atoms with van der Waals surface area (Å²) in [5.41, 5.74) is 12.3. The van der Waals surface area contributed by atoms with Crippen molar-refractivity contribution in [2.45, 2.75) is 40.0 Å². The minimum absolute atomic E-state index is 0.00246. The lowest BCUT2D eigenvalue weighted by Gasteiger charge is -2.08. The number of nitrogens with one attached hydrogen (secondary N) is 3. The van der Waals surface area contributed by atoms with Crippen LogP contribution >= 0.6 is 0 Å². The molecule has 0 fully saturated rings. The van der Waals surface area contributed by atoms with Gasteiger partial charge in [0.2, 0.25) is 11.8 Å². The first-order valence-electron chi connectivity index (χ1n) is 13.4. The second-order valence-electron chi connectivity index (χ2n) is 8.14. The maximum atomic E-state index is 11.5. The Balaban J connectivity index is 0. The summed E-state index contributed by atoms with van der Waals surface area (Å²) in [5.74, 6) is -0.385. The molecule has 0 aliphatic heterocycles. The molecule has 2 amide bonds. The molecule has 0 atom stereocenters. The van der Waals surface area contributed by atoms with Crippen molar-refractivity contribution >= 4 is 29.5 Å². The number of rotatable bonds is 20. The zero-order valence-corrected chi connectivity index (χ0v) is 24.2.